The summed E-state index contributed by atoms with van der Waals surface area (Å²) >= 11 is 0. The van der Waals surface area contributed by atoms with E-state index >= 15 is 0 Å². The summed E-state index contributed by atoms with van der Waals surface area (Å²) in [5.41, 5.74) is 5.25. The number of amides is 1. The van der Waals surface area contributed by atoms with Crippen LogP contribution in [0.4, 0.5) is 13.2 Å². The van der Waals surface area contributed by atoms with Gasteiger partial charge in [-0.15, -0.1) is 0 Å². The van der Waals surface area contributed by atoms with Crippen molar-refractivity contribution in [3.8, 4) is 0 Å². The largest absolute Gasteiger partial charge is 0.471 e. The normalized spacial score (nSPS) is 35.1. The van der Waals surface area contributed by atoms with Crippen LogP contribution in [0.15, 0.2) is 0 Å². The van der Waals surface area contributed by atoms with Crippen LogP contribution in [0.1, 0.15) is 6.92 Å². The van der Waals surface area contributed by atoms with E-state index in [-0.39, 0.29) is 6.54 Å². The number of ether oxygens (including phenoxy) is 1. The number of aliphatic hydroxyl groups excluding tert-OH is 1. The molecular weight excluding hydrogens is 229 g/mol. The zero-order valence-corrected chi connectivity index (χ0v) is 8.49. The van der Waals surface area contributed by atoms with E-state index in [4.69, 9.17) is 10.5 Å². The molecule has 0 bridgehead atoms. The van der Waals surface area contributed by atoms with E-state index in [0.717, 1.165) is 0 Å². The number of hydrogen-bond donors (Lipinski definition) is 3. The molecule has 1 rings (SSSR count). The molecule has 1 aliphatic heterocycles. The highest BCUT2D eigenvalue weighted by atomic mass is 19.4. The number of halogens is 3. The fourth-order valence-electron chi connectivity index (χ4n) is 1.58. The molecule has 16 heavy (non-hydrogen) atoms. The number of rotatable bonds is 2. The van der Waals surface area contributed by atoms with E-state index in [1.807, 2.05) is 0 Å². The van der Waals surface area contributed by atoms with E-state index in [1.165, 1.54) is 6.92 Å². The molecule has 0 aromatic rings. The van der Waals surface area contributed by atoms with Crippen LogP contribution in [-0.2, 0) is 9.53 Å². The average molecular weight is 242 g/mol. The van der Waals surface area contributed by atoms with Crippen LogP contribution in [0.2, 0.25) is 0 Å². The van der Waals surface area contributed by atoms with Gasteiger partial charge in [0.15, 0.2) is 0 Å². The Bertz CT molecular complexity index is 272. The SMILES string of the molecule is C[C@@H]1O[C@H](CN)[C@H](O)C1NC(=O)C(F)(F)F. The second-order valence-electron chi connectivity index (χ2n) is 3.60. The quantitative estimate of drug-likeness (QED) is 0.588. The van der Waals surface area contributed by atoms with Crippen LogP contribution in [0, 0.1) is 0 Å². The number of nitrogens with one attached hydrogen (secondary N) is 1. The lowest BCUT2D eigenvalue weighted by atomic mass is 10.1. The molecule has 0 aliphatic carbocycles. The maximum atomic E-state index is 12.0. The highest BCUT2D eigenvalue weighted by Crippen LogP contribution is 2.22. The molecule has 4 atom stereocenters. The van der Waals surface area contributed by atoms with E-state index in [0.29, 0.717) is 0 Å². The zero-order valence-electron chi connectivity index (χ0n) is 8.49. The standard InChI is InChI=1S/C8H13F3N2O3/c1-3-5(6(14)4(2-12)16-3)13-7(15)8(9,10)11/h3-6,14H,2,12H2,1H3,(H,13,15)/t3-,4+,5?,6-/m0/s1. The van der Waals surface area contributed by atoms with Gasteiger partial charge in [-0.3, -0.25) is 4.79 Å². The molecule has 4 N–H and O–H groups in total. The minimum Gasteiger partial charge on any atom is -0.388 e. The second kappa shape index (κ2) is 4.56. The van der Waals surface area contributed by atoms with Crippen molar-refractivity contribution in [1.82, 2.24) is 5.32 Å². The minimum absolute atomic E-state index is 0.0239. The van der Waals surface area contributed by atoms with Gasteiger partial charge in [0.2, 0.25) is 0 Å². The molecule has 1 amide bonds. The highest BCUT2D eigenvalue weighted by Gasteiger charge is 2.46. The van der Waals surface area contributed by atoms with Gasteiger partial charge < -0.3 is 20.9 Å². The first-order valence-corrected chi connectivity index (χ1v) is 4.68. The van der Waals surface area contributed by atoms with Crippen molar-refractivity contribution in [2.75, 3.05) is 6.54 Å². The summed E-state index contributed by atoms with van der Waals surface area (Å²) in [4.78, 5) is 10.7. The fraction of sp³-hybridized carbons (Fsp3) is 0.875. The Balaban J connectivity index is 2.64. The Morgan fingerprint density at radius 3 is 2.50 bits per heavy atom. The molecule has 1 fully saturated rings. The third kappa shape index (κ3) is 2.63. The summed E-state index contributed by atoms with van der Waals surface area (Å²) in [7, 11) is 0. The van der Waals surface area contributed by atoms with Crippen molar-refractivity contribution >= 4 is 5.91 Å². The monoisotopic (exact) mass is 242 g/mol. The molecule has 1 unspecified atom stereocenters. The fourth-order valence-corrected chi connectivity index (χ4v) is 1.58. The first-order valence-electron chi connectivity index (χ1n) is 4.68. The van der Waals surface area contributed by atoms with Crippen molar-refractivity contribution in [3.05, 3.63) is 0 Å². The summed E-state index contributed by atoms with van der Waals surface area (Å²) in [6, 6.07) is -1.09. The van der Waals surface area contributed by atoms with Crippen molar-refractivity contribution in [2.24, 2.45) is 5.73 Å². The number of alkyl halides is 3. The second-order valence-corrected chi connectivity index (χ2v) is 3.60. The number of carbonyl (C=O) groups excluding carboxylic acids is 1. The summed E-state index contributed by atoms with van der Waals surface area (Å²) in [5.74, 6) is -2.09. The molecule has 8 heteroatoms. The topological polar surface area (TPSA) is 84.6 Å². The molecule has 0 saturated carbocycles. The molecule has 1 aliphatic rings. The predicted octanol–water partition coefficient (Wildman–Crippen LogP) is -0.860. The van der Waals surface area contributed by atoms with Crippen LogP contribution >= 0.6 is 0 Å². The van der Waals surface area contributed by atoms with Crippen molar-refractivity contribution in [2.45, 2.75) is 37.5 Å². The predicted molar refractivity (Wildman–Crippen MR) is 47.4 cm³/mol. The van der Waals surface area contributed by atoms with Gasteiger partial charge in [-0.25, -0.2) is 0 Å². The van der Waals surface area contributed by atoms with Gasteiger partial charge in [0.05, 0.1) is 18.2 Å². The number of aliphatic hydroxyl groups is 1. The van der Waals surface area contributed by atoms with Crippen molar-refractivity contribution < 1.29 is 27.8 Å². The molecule has 1 saturated heterocycles. The number of hydrogen-bond acceptors (Lipinski definition) is 4. The van der Waals surface area contributed by atoms with Gasteiger partial charge in [-0.1, -0.05) is 0 Å². The molecular formula is C8H13F3N2O3. The lowest BCUT2D eigenvalue weighted by Gasteiger charge is -2.20. The van der Waals surface area contributed by atoms with Gasteiger partial charge in [0.1, 0.15) is 6.10 Å². The van der Waals surface area contributed by atoms with E-state index in [1.54, 1.807) is 5.32 Å². The van der Waals surface area contributed by atoms with E-state index in [2.05, 4.69) is 0 Å². The summed E-state index contributed by atoms with van der Waals surface area (Å²) in [6.07, 6.45) is -7.67. The molecule has 0 aromatic carbocycles. The Morgan fingerprint density at radius 2 is 2.12 bits per heavy atom. The van der Waals surface area contributed by atoms with Crippen LogP contribution < -0.4 is 11.1 Å². The molecule has 94 valence electrons. The summed E-state index contributed by atoms with van der Waals surface area (Å²) in [6.45, 7) is 1.43. The molecule has 5 nitrogen and oxygen atoms in total. The van der Waals surface area contributed by atoms with Gasteiger partial charge in [-0.05, 0) is 6.92 Å². The number of carbonyl (C=O) groups is 1. The lowest BCUT2D eigenvalue weighted by Crippen LogP contribution is -2.51. The minimum atomic E-state index is -4.97. The Labute approximate surface area is 89.7 Å². The smallest absolute Gasteiger partial charge is 0.388 e. The van der Waals surface area contributed by atoms with Crippen LogP contribution in [0.3, 0.4) is 0 Å². The Kier molecular flexibility index (Phi) is 3.76. The van der Waals surface area contributed by atoms with Crippen molar-refractivity contribution in [3.63, 3.8) is 0 Å². The third-order valence-electron chi connectivity index (χ3n) is 2.43. The van der Waals surface area contributed by atoms with E-state index in [9.17, 15) is 23.1 Å². The lowest BCUT2D eigenvalue weighted by molar-refractivity contribution is -0.175. The number of nitrogens with two attached hydrogens (primary N) is 1. The third-order valence-corrected chi connectivity index (χ3v) is 2.43. The van der Waals surface area contributed by atoms with Crippen molar-refractivity contribution in [1.29, 1.82) is 0 Å². The molecule has 0 aromatic heterocycles. The maximum Gasteiger partial charge on any atom is 0.471 e. The Hall–Kier alpha value is -0.860. The highest BCUT2D eigenvalue weighted by molar-refractivity contribution is 5.82. The molecule has 0 spiro atoms. The molecule has 0 radical (unpaired) electrons. The van der Waals surface area contributed by atoms with Gasteiger partial charge in [-0.2, -0.15) is 13.2 Å². The first-order chi connectivity index (χ1) is 7.27. The van der Waals surface area contributed by atoms with Crippen LogP contribution in [-0.4, -0.2) is 48.1 Å². The zero-order chi connectivity index (χ0) is 12.5. The van der Waals surface area contributed by atoms with Crippen LogP contribution in [0.5, 0.6) is 0 Å². The van der Waals surface area contributed by atoms with Gasteiger partial charge in [0.25, 0.3) is 0 Å². The van der Waals surface area contributed by atoms with Crippen LogP contribution in [0.25, 0.3) is 0 Å². The van der Waals surface area contributed by atoms with E-state index < -0.39 is 36.4 Å². The van der Waals surface area contributed by atoms with Gasteiger partial charge in [0, 0.05) is 6.54 Å². The molecule has 1 heterocycles. The first kappa shape index (κ1) is 13.2. The Morgan fingerprint density at radius 1 is 1.56 bits per heavy atom. The van der Waals surface area contributed by atoms with Gasteiger partial charge >= 0.3 is 12.1 Å². The summed E-state index contributed by atoms with van der Waals surface area (Å²) < 4.78 is 41.0. The maximum absolute atomic E-state index is 12.0. The summed E-state index contributed by atoms with van der Waals surface area (Å²) in [5, 5.41) is 11.2. The average Bonchev–Trinajstić information content (AvgIpc) is 2.43.